The molecule has 0 aromatic heterocycles. The number of esters is 1. The summed E-state index contributed by atoms with van der Waals surface area (Å²) in [6.07, 6.45) is 10.5. The molecule has 0 saturated heterocycles. The van der Waals surface area contributed by atoms with E-state index < -0.39 is 42.1 Å². The Balaban J connectivity index is 3.38. The summed E-state index contributed by atoms with van der Waals surface area (Å²) in [7, 11) is 0. The van der Waals surface area contributed by atoms with Gasteiger partial charge in [0.05, 0.1) is 12.1 Å². The van der Waals surface area contributed by atoms with Gasteiger partial charge in [-0.1, -0.05) is 54.5 Å². The van der Waals surface area contributed by atoms with E-state index in [4.69, 9.17) is 4.74 Å². The molecule has 0 fully saturated rings. The smallest absolute Gasteiger partial charge is 0.303 e. The summed E-state index contributed by atoms with van der Waals surface area (Å²) in [5.74, 6) is -1.80. The van der Waals surface area contributed by atoms with Crippen LogP contribution in [0.5, 0.6) is 0 Å². The third-order valence-corrected chi connectivity index (χ3v) is 5.28. The SMILES string of the molecule is CC(=O)O[C@H]1/C=C/C(C)=C/CC(O)/C=C/C(C)=C/C(NC(=O)[C@H](C)O)C(C)C(=O)/C(C)=C/C1. The molecule has 182 valence electrons. The lowest BCUT2D eigenvalue weighted by Crippen LogP contribution is -2.45. The maximum absolute atomic E-state index is 13.1. The van der Waals surface area contributed by atoms with E-state index in [-0.39, 0.29) is 5.78 Å². The van der Waals surface area contributed by atoms with Crippen molar-refractivity contribution in [1.29, 1.82) is 0 Å². The largest absolute Gasteiger partial charge is 0.458 e. The van der Waals surface area contributed by atoms with Crippen LogP contribution in [0.1, 0.15) is 54.4 Å². The molecule has 0 spiro atoms. The van der Waals surface area contributed by atoms with Crippen molar-refractivity contribution in [3.63, 3.8) is 0 Å². The van der Waals surface area contributed by atoms with Crippen molar-refractivity contribution < 1.29 is 29.3 Å². The van der Waals surface area contributed by atoms with Crippen LogP contribution in [0.25, 0.3) is 0 Å². The number of carbonyl (C=O) groups excluding carboxylic acids is 3. The van der Waals surface area contributed by atoms with E-state index in [0.717, 1.165) is 11.1 Å². The van der Waals surface area contributed by atoms with Crippen molar-refractivity contribution in [2.75, 3.05) is 0 Å². The maximum atomic E-state index is 13.1. The van der Waals surface area contributed by atoms with Gasteiger partial charge in [-0.15, -0.1) is 0 Å². The van der Waals surface area contributed by atoms with E-state index in [1.165, 1.54) is 13.8 Å². The lowest BCUT2D eigenvalue weighted by Gasteiger charge is -2.23. The van der Waals surface area contributed by atoms with Crippen LogP contribution < -0.4 is 5.32 Å². The van der Waals surface area contributed by atoms with Gasteiger partial charge in [-0.05, 0) is 45.8 Å². The van der Waals surface area contributed by atoms with Crippen molar-refractivity contribution in [2.45, 2.75) is 78.7 Å². The molecule has 0 aromatic rings. The molecule has 33 heavy (non-hydrogen) atoms. The Morgan fingerprint density at radius 1 is 1.09 bits per heavy atom. The number of nitrogens with one attached hydrogen (secondary N) is 1. The summed E-state index contributed by atoms with van der Waals surface area (Å²) in [6, 6.07) is -0.660. The first kappa shape index (κ1) is 28.3. The predicted molar refractivity (Wildman–Crippen MR) is 128 cm³/mol. The molecule has 0 bridgehead atoms. The minimum atomic E-state index is -1.22. The van der Waals surface area contributed by atoms with Gasteiger partial charge in [-0.3, -0.25) is 14.4 Å². The molecular formula is C26H37NO6. The summed E-state index contributed by atoms with van der Waals surface area (Å²) in [5, 5.41) is 22.6. The summed E-state index contributed by atoms with van der Waals surface area (Å²) >= 11 is 0. The molecule has 7 nitrogen and oxygen atoms in total. The van der Waals surface area contributed by atoms with Crippen LogP contribution in [0.4, 0.5) is 0 Å². The average Bonchev–Trinajstić information content (AvgIpc) is 2.75. The second kappa shape index (κ2) is 13.7. The summed E-state index contributed by atoms with van der Waals surface area (Å²) < 4.78 is 5.35. The molecule has 7 heteroatoms. The highest BCUT2D eigenvalue weighted by Gasteiger charge is 2.26. The highest BCUT2D eigenvalue weighted by atomic mass is 16.5. The van der Waals surface area contributed by atoms with Gasteiger partial charge in [0, 0.05) is 19.3 Å². The molecule has 1 rings (SSSR count). The number of ether oxygens (including phenoxy) is 1. The Labute approximate surface area is 196 Å². The number of amides is 1. The number of aliphatic hydroxyl groups excluding tert-OH is 2. The van der Waals surface area contributed by atoms with Crippen molar-refractivity contribution in [1.82, 2.24) is 5.32 Å². The maximum Gasteiger partial charge on any atom is 0.303 e. The molecule has 1 amide bonds. The molecule has 1 aliphatic carbocycles. The standard InChI is InChI=1S/C26H37NO6/c1-16-7-11-22(30)12-8-17(2)15-24(27-26(32)20(5)28)19(4)25(31)18(3)10-14-23(13-9-16)33-21(6)29/h7-10,12-13,15,19-20,22-24,28,30H,11,14H2,1-6H3,(H,27,32)/b12-8+,13-9+,16-7+,17-15+,18-10+/t19?,20-,22?,23-,24?/m0/s1. The first-order chi connectivity index (χ1) is 15.4. The number of Topliss-reactive ketones (excluding diaryl/α,β-unsaturated/α-hetero) is 1. The zero-order valence-electron chi connectivity index (χ0n) is 20.4. The van der Waals surface area contributed by atoms with Gasteiger partial charge in [0.1, 0.15) is 12.2 Å². The first-order valence-corrected chi connectivity index (χ1v) is 11.2. The average molecular weight is 460 g/mol. The number of ketones is 1. The van der Waals surface area contributed by atoms with Crippen LogP contribution in [-0.4, -0.2) is 52.2 Å². The molecule has 1 aliphatic rings. The van der Waals surface area contributed by atoms with Crippen molar-refractivity contribution >= 4 is 17.7 Å². The van der Waals surface area contributed by atoms with E-state index >= 15 is 0 Å². The van der Waals surface area contributed by atoms with Gasteiger partial charge in [-0.2, -0.15) is 0 Å². The lowest BCUT2D eigenvalue weighted by molar-refractivity contribution is -0.144. The number of rotatable bonds is 3. The number of carbonyl (C=O) groups is 3. The number of allylic oxidation sites excluding steroid dienone is 5. The Hall–Kier alpha value is -2.77. The van der Waals surface area contributed by atoms with E-state index in [9.17, 15) is 24.6 Å². The third kappa shape index (κ3) is 10.6. The molecular weight excluding hydrogens is 422 g/mol. The summed E-state index contributed by atoms with van der Waals surface area (Å²) in [6.45, 7) is 9.78. The second-order valence-electron chi connectivity index (χ2n) is 8.51. The van der Waals surface area contributed by atoms with Gasteiger partial charge < -0.3 is 20.3 Å². The molecule has 0 aromatic carbocycles. The molecule has 0 radical (unpaired) electrons. The zero-order valence-corrected chi connectivity index (χ0v) is 20.4. The van der Waals surface area contributed by atoms with Crippen molar-refractivity contribution in [3.05, 3.63) is 59.3 Å². The van der Waals surface area contributed by atoms with Gasteiger partial charge in [0.25, 0.3) is 0 Å². The molecule has 0 heterocycles. The highest BCUT2D eigenvalue weighted by Crippen LogP contribution is 2.17. The van der Waals surface area contributed by atoms with E-state index in [1.807, 2.05) is 26.0 Å². The summed E-state index contributed by atoms with van der Waals surface area (Å²) in [5.41, 5.74) is 2.14. The molecule has 0 saturated carbocycles. The fraction of sp³-hybridized carbons (Fsp3) is 0.500. The Bertz CT molecular complexity index is 862. The fourth-order valence-corrected chi connectivity index (χ4v) is 3.20. The van der Waals surface area contributed by atoms with Gasteiger partial charge in [0.15, 0.2) is 5.78 Å². The monoisotopic (exact) mass is 459 g/mol. The van der Waals surface area contributed by atoms with E-state index in [2.05, 4.69) is 5.32 Å². The second-order valence-corrected chi connectivity index (χ2v) is 8.51. The van der Waals surface area contributed by atoms with Crippen LogP contribution in [0.2, 0.25) is 0 Å². The molecule has 3 N–H and O–H groups in total. The van der Waals surface area contributed by atoms with E-state index in [0.29, 0.717) is 18.4 Å². The number of hydrogen-bond donors (Lipinski definition) is 3. The lowest BCUT2D eigenvalue weighted by atomic mass is 9.90. The Morgan fingerprint density at radius 3 is 2.33 bits per heavy atom. The Kier molecular flexibility index (Phi) is 11.7. The van der Waals surface area contributed by atoms with Crippen LogP contribution >= 0.6 is 0 Å². The quantitative estimate of drug-likeness (QED) is 0.559. The number of aliphatic hydroxyl groups is 2. The highest BCUT2D eigenvalue weighted by molar-refractivity contribution is 5.97. The minimum absolute atomic E-state index is 0.176. The number of hydrogen-bond acceptors (Lipinski definition) is 6. The molecule has 0 aliphatic heterocycles. The minimum Gasteiger partial charge on any atom is -0.458 e. The van der Waals surface area contributed by atoms with Crippen LogP contribution in [0, 0.1) is 5.92 Å². The normalized spacial score (nSPS) is 33.1. The fourth-order valence-electron chi connectivity index (χ4n) is 3.20. The molecule has 3 unspecified atom stereocenters. The van der Waals surface area contributed by atoms with E-state index in [1.54, 1.807) is 44.2 Å². The van der Waals surface area contributed by atoms with Crippen molar-refractivity contribution in [2.24, 2.45) is 5.92 Å². The predicted octanol–water partition coefficient (Wildman–Crippen LogP) is 3.09. The van der Waals surface area contributed by atoms with Crippen LogP contribution in [0.3, 0.4) is 0 Å². The first-order valence-electron chi connectivity index (χ1n) is 11.2. The van der Waals surface area contributed by atoms with Crippen LogP contribution in [0.15, 0.2) is 59.3 Å². The van der Waals surface area contributed by atoms with Gasteiger partial charge >= 0.3 is 5.97 Å². The topological polar surface area (TPSA) is 113 Å². The van der Waals surface area contributed by atoms with Crippen molar-refractivity contribution in [3.8, 4) is 0 Å². The molecule has 5 atom stereocenters. The van der Waals surface area contributed by atoms with Crippen LogP contribution in [-0.2, 0) is 19.1 Å². The van der Waals surface area contributed by atoms with Gasteiger partial charge in [-0.25, -0.2) is 0 Å². The van der Waals surface area contributed by atoms with Gasteiger partial charge in [0.2, 0.25) is 5.91 Å². The third-order valence-electron chi connectivity index (χ3n) is 5.28. The Morgan fingerprint density at radius 2 is 1.73 bits per heavy atom. The summed E-state index contributed by atoms with van der Waals surface area (Å²) in [4.78, 5) is 36.7. The zero-order chi connectivity index (χ0) is 25.1.